The van der Waals surface area contributed by atoms with E-state index in [-0.39, 0.29) is 17.7 Å². The number of nitrogens with zero attached hydrogens (tertiary/aromatic N) is 4. The number of benzene rings is 1. The van der Waals surface area contributed by atoms with Crippen molar-refractivity contribution in [3.05, 3.63) is 60.7 Å². The third-order valence-electron chi connectivity index (χ3n) is 5.98. The van der Waals surface area contributed by atoms with Gasteiger partial charge in [-0.15, -0.1) is 0 Å². The molecule has 0 saturated carbocycles. The number of hydrogen-bond acceptors (Lipinski definition) is 5. The predicted molar refractivity (Wildman–Crippen MR) is 118 cm³/mol. The average Bonchev–Trinajstić information content (AvgIpc) is 3.40. The van der Waals surface area contributed by atoms with Crippen molar-refractivity contribution in [2.45, 2.75) is 31.6 Å². The highest BCUT2D eigenvalue weighted by Gasteiger charge is 2.28. The molecule has 0 aliphatic carbocycles. The summed E-state index contributed by atoms with van der Waals surface area (Å²) in [6.07, 6.45) is 10.1. The van der Waals surface area contributed by atoms with Gasteiger partial charge >= 0.3 is 0 Å². The predicted octanol–water partition coefficient (Wildman–Crippen LogP) is 3.25. The lowest BCUT2D eigenvalue weighted by Crippen LogP contribution is -2.26. The van der Waals surface area contributed by atoms with Crippen molar-refractivity contribution in [3.63, 3.8) is 0 Å². The maximum atomic E-state index is 12.0. The molecule has 0 radical (unpaired) electrons. The molecule has 1 fully saturated rings. The molecule has 2 amide bonds. The van der Waals surface area contributed by atoms with Gasteiger partial charge < -0.3 is 19.9 Å². The number of likely N-dealkylation sites (tertiary alicyclic amines) is 1. The summed E-state index contributed by atoms with van der Waals surface area (Å²) in [4.78, 5) is 35.0. The van der Waals surface area contributed by atoms with Gasteiger partial charge in [0.15, 0.2) is 11.5 Å². The zero-order valence-electron chi connectivity index (χ0n) is 17.2. The average molecular weight is 416 g/mol. The SMILES string of the molecule is C=CC(=O)N1CC[C@H](c2cn3ccnc3c(Nc3ccc4c(c3)NC(=O)CCC4)n2)C1. The summed E-state index contributed by atoms with van der Waals surface area (Å²) >= 11 is 0. The van der Waals surface area contributed by atoms with Crippen LogP contribution in [0.15, 0.2) is 49.4 Å². The van der Waals surface area contributed by atoms with Crippen LogP contribution >= 0.6 is 0 Å². The molecule has 1 aromatic carbocycles. The Morgan fingerprint density at radius 1 is 1.32 bits per heavy atom. The van der Waals surface area contributed by atoms with Gasteiger partial charge in [-0.2, -0.15) is 0 Å². The largest absolute Gasteiger partial charge is 0.338 e. The Kier molecular flexibility index (Phi) is 4.89. The molecule has 8 nitrogen and oxygen atoms in total. The van der Waals surface area contributed by atoms with E-state index in [0.29, 0.717) is 25.3 Å². The maximum Gasteiger partial charge on any atom is 0.245 e. The van der Waals surface area contributed by atoms with Gasteiger partial charge in [-0.05, 0) is 43.0 Å². The number of imidazole rings is 1. The fourth-order valence-corrected chi connectivity index (χ4v) is 4.34. The summed E-state index contributed by atoms with van der Waals surface area (Å²) in [6.45, 7) is 4.91. The minimum absolute atomic E-state index is 0.0448. The summed E-state index contributed by atoms with van der Waals surface area (Å²) in [6, 6.07) is 6.00. The lowest BCUT2D eigenvalue weighted by atomic mass is 10.1. The number of amides is 2. The molecule has 3 aromatic rings. The number of aromatic nitrogens is 3. The van der Waals surface area contributed by atoms with Gasteiger partial charge in [0.2, 0.25) is 11.8 Å². The van der Waals surface area contributed by atoms with E-state index in [9.17, 15) is 9.59 Å². The molecule has 0 spiro atoms. The molecule has 0 unspecified atom stereocenters. The standard InChI is InChI=1S/C23H24N6O2/c1-2-21(31)28-10-8-16(13-28)19-14-29-11-9-24-23(29)22(27-19)25-17-7-6-15-4-3-5-20(30)26-18(15)12-17/h2,6-7,9,11-12,14,16H,1,3-5,8,10,13H2,(H,25,27)(H,26,30)/t16-/m0/s1. The normalized spacial score (nSPS) is 18.4. The van der Waals surface area contributed by atoms with Crippen LogP contribution in [0, 0.1) is 0 Å². The molecule has 0 bridgehead atoms. The van der Waals surface area contributed by atoms with Crippen molar-refractivity contribution in [2.75, 3.05) is 23.7 Å². The first-order valence-electron chi connectivity index (χ1n) is 10.6. The van der Waals surface area contributed by atoms with Crippen molar-refractivity contribution >= 4 is 34.7 Å². The number of aryl methyl sites for hydroxylation is 1. The fraction of sp³-hybridized carbons (Fsp3) is 0.304. The van der Waals surface area contributed by atoms with Crippen LogP contribution in [-0.4, -0.2) is 44.2 Å². The second-order valence-electron chi connectivity index (χ2n) is 8.05. The maximum absolute atomic E-state index is 12.0. The van der Waals surface area contributed by atoms with Crippen LogP contribution in [0.3, 0.4) is 0 Å². The third-order valence-corrected chi connectivity index (χ3v) is 5.98. The molecule has 2 aliphatic rings. The molecule has 4 heterocycles. The van der Waals surface area contributed by atoms with E-state index in [1.54, 1.807) is 11.1 Å². The van der Waals surface area contributed by atoms with Crippen LogP contribution < -0.4 is 10.6 Å². The van der Waals surface area contributed by atoms with Crippen LogP contribution in [0.1, 0.15) is 36.4 Å². The second kappa shape index (κ2) is 7.86. The van der Waals surface area contributed by atoms with E-state index >= 15 is 0 Å². The van der Waals surface area contributed by atoms with Crippen LogP contribution in [0.5, 0.6) is 0 Å². The van der Waals surface area contributed by atoms with E-state index in [0.717, 1.165) is 47.5 Å². The lowest BCUT2D eigenvalue weighted by Gasteiger charge is -2.16. The van der Waals surface area contributed by atoms with Gasteiger partial charge in [-0.25, -0.2) is 9.97 Å². The summed E-state index contributed by atoms with van der Waals surface area (Å²) < 4.78 is 1.95. The Morgan fingerprint density at radius 2 is 2.23 bits per heavy atom. The molecule has 2 N–H and O–H groups in total. The molecule has 8 heteroatoms. The molecule has 1 atom stereocenters. The first kappa shape index (κ1) is 19.3. The number of carbonyl (C=O) groups is 2. The molecule has 2 aliphatic heterocycles. The van der Waals surface area contributed by atoms with Crippen LogP contribution in [-0.2, 0) is 16.0 Å². The summed E-state index contributed by atoms with van der Waals surface area (Å²) in [5.41, 5.74) is 4.46. The van der Waals surface area contributed by atoms with Crippen LogP contribution in [0.4, 0.5) is 17.2 Å². The topological polar surface area (TPSA) is 91.6 Å². The first-order chi connectivity index (χ1) is 15.1. The monoisotopic (exact) mass is 416 g/mol. The first-order valence-corrected chi connectivity index (χ1v) is 10.6. The van der Waals surface area contributed by atoms with Crippen molar-refractivity contribution in [2.24, 2.45) is 0 Å². The van der Waals surface area contributed by atoms with Crippen LogP contribution in [0.25, 0.3) is 5.65 Å². The third kappa shape index (κ3) is 3.76. The Balaban J connectivity index is 1.45. The highest BCUT2D eigenvalue weighted by molar-refractivity contribution is 5.93. The van der Waals surface area contributed by atoms with E-state index in [1.165, 1.54) is 6.08 Å². The highest BCUT2D eigenvalue weighted by atomic mass is 16.2. The molecule has 1 saturated heterocycles. The Hall–Kier alpha value is -3.68. The fourth-order valence-electron chi connectivity index (χ4n) is 4.34. The molecule has 5 rings (SSSR count). The molecule has 31 heavy (non-hydrogen) atoms. The minimum Gasteiger partial charge on any atom is -0.338 e. The van der Waals surface area contributed by atoms with Gasteiger partial charge in [-0.3, -0.25) is 9.59 Å². The van der Waals surface area contributed by atoms with Gasteiger partial charge in [0.1, 0.15) is 0 Å². The lowest BCUT2D eigenvalue weighted by molar-refractivity contribution is -0.125. The second-order valence-corrected chi connectivity index (χ2v) is 8.05. The number of hydrogen-bond donors (Lipinski definition) is 2. The Labute approximate surface area is 180 Å². The number of nitrogens with one attached hydrogen (secondary N) is 2. The molecular weight excluding hydrogens is 392 g/mol. The van der Waals surface area contributed by atoms with Crippen molar-refractivity contribution in [1.29, 1.82) is 0 Å². The van der Waals surface area contributed by atoms with Gasteiger partial charge in [-0.1, -0.05) is 12.6 Å². The Bertz CT molecular complexity index is 1180. The van der Waals surface area contributed by atoms with Crippen molar-refractivity contribution in [1.82, 2.24) is 19.3 Å². The molecular formula is C23H24N6O2. The van der Waals surface area contributed by atoms with Gasteiger partial charge in [0.05, 0.1) is 5.69 Å². The summed E-state index contributed by atoms with van der Waals surface area (Å²) in [5, 5.41) is 6.38. The summed E-state index contributed by atoms with van der Waals surface area (Å²) in [7, 11) is 0. The number of fused-ring (bicyclic) bond motifs is 2. The minimum atomic E-state index is -0.0448. The number of rotatable bonds is 4. The van der Waals surface area contributed by atoms with E-state index in [4.69, 9.17) is 4.98 Å². The summed E-state index contributed by atoms with van der Waals surface area (Å²) in [5.74, 6) is 0.807. The number of carbonyl (C=O) groups excluding carboxylic acids is 2. The van der Waals surface area contributed by atoms with E-state index in [2.05, 4.69) is 22.2 Å². The van der Waals surface area contributed by atoms with Crippen molar-refractivity contribution in [3.8, 4) is 0 Å². The van der Waals surface area contributed by atoms with Crippen LogP contribution in [0.2, 0.25) is 0 Å². The Morgan fingerprint density at radius 3 is 3.10 bits per heavy atom. The van der Waals surface area contributed by atoms with Crippen molar-refractivity contribution < 1.29 is 9.59 Å². The zero-order valence-corrected chi connectivity index (χ0v) is 17.2. The number of anilines is 3. The van der Waals surface area contributed by atoms with Gasteiger partial charge in [0, 0.05) is 55.4 Å². The molecule has 158 valence electrons. The quantitative estimate of drug-likeness (QED) is 0.637. The van der Waals surface area contributed by atoms with E-state index in [1.807, 2.05) is 35.0 Å². The highest BCUT2D eigenvalue weighted by Crippen LogP contribution is 2.31. The zero-order chi connectivity index (χ0) is 21.4. The smallest absolute Gasteiger partial charge is 0.245 e. The molecule has 2 aromatic heterocycles. The van der Waals surface area contributed by atoms with Gasteiger partial charge in [0.25, 0.3) is 0 Å². The van der Waals surface area contributed by atoms with E-state index < -0.39 is 0 Å².